The second-order valence-electron chi connectivity index (χ2n) is 5.49. The lowest BCUT2D eigenvalue weighted by atomic mass is 10.00. The Hall–Kier alpha value is -1.80. The Labute approximate surface area is 151 Å². The van der Waals surface area contributed by atoms with Gasteiger partial charge in [0.1, 0.15) is 5.82 Å². The van der Waals surface area contributed by atoms with Crippen molar-refractivity contribution in [3.63, 3.8) is 0 Å². The Morgan fingerprint density at radius 2 is 2.00 bits per heavy atom. The number of ketones is 1. The number of alkyl halides is 3. The summed E-state index contributed by atoms with van der Waals surface area (Å²) in [6, 6.07) is 0.671. The first-order valence-electron chi connectivity index (χ1n) is 7.16. The molecule has 1 N–H and O–H groups in total. The predicted molar refractivity (Wildman–Crippen MR) is 91.1 cm³/mol. The SMILES string of the molecule is CC(=O)C1=C(C)C(C)C=C(C(=O)Nc2cc(C(F)(F)F)c(Cl)cn2)S1. The van der Waals surface area contributed by atoms with Gasteiger partial charge in [0.15, 0.2) is 5.78 Å². The van der Waals surface area contributed by atoms with Crippen LogP contribution < -0.4 is 5.32 Å². The molecule has 1 amide bonds. The average molecular weight is 391 g/mol. The van der Waals surface area contributed by atoms with E-state index >= 15 is 0 Å². The van der Waals surface area contributed by atoms with Gasteiger partial charge in [-0.2, -0.15) is 13.2 Å². The zero-order chi connectivity index (χ0) is 18.9. The molecular formula is C16H14ClF3N2O2S. The van der Waals surface area contributed by atoms with Crippen LogP contribution in [0.1, 0.15) is 26.3 Å². The van der Waals surface area contributed by atoms with Gasteiger partial charge in [0.05, 0.1) is 20.4 Å². The van der Waals surface area contributed by atoms with Crippen LogP contribution in [0.4, 0.5) is 19.0 Å². The Balaban J connectivity index is 2.24. The van der Waals surface area contributed by atoms with Crippen LogP contribution in [0.2, 0.25) is 5.02 Å². The van der Waals surface area contributed by atoms with Crippen LogP contribution in [-0.2, 0) is 15.8 Å². The predicted octanol–water partition coefficient (Wildman–Crippen LogP) is 4.82. The maximum absolute atomic E-state index is 12.9. The number of nitrogens with one attached hydrogen (secondary N) is 1. The Kier molecular flexibility index (Phi) is 5.63. The van der Waals surface area contributed by atoms with Gasteiger partial charge < -0.3 is 5.32 Å². The van der Waals surface area contributed by atoms with Gasteiger partial charge in [0.2, 0.25) is 0 Å². The molecule has 0 saturated carbocycles. The molecule has 0 aromatic carbocycles. The van der Waals surface area contributed by atoms with E-state index in [1.807, 2.05) is 6.92 Å². The molecule has 0 spiro atoms. The van der Waals surface area contributed by atoms with Crippen LogP contribution in [-0.4, -0.2) is 16.7 Å². The van der Waals surface area contributed by atoms with Crippen molar-refractivity contribution in [3.05, 3.63) is 44.3 Å². The van der Waals surface area contributed by atoms with Crippen molar-refractivity contribution in [1.82, 2.24) is 4.98 Å². The van der Waals surface area contributed by atoms with E-state index in [1.165, 1.54) is 6.92 Å². The van der Waals surface area contributed by atoms with Crippen molar-refractivity contribution < 1.29 is 22.8 Å². The maximum atomic E-state index is 12.9. The number of carbonyl (C=O) groups excluding carboxylic acids is 2. The monoisotopic (exact) mass is 390 g/mol. The molecule has 2 rings (SSSR count). The molecule has 1 aromatic rings. The van der Waals surface area contributed by atoms with Crippen molar-refractivity contribution in [1.29, 1.82) is 0 Å². The van der Waals surface area contributed by atoms with Gasteiger partial charge in [0.25, 0.3) is 5.91 Å². The van der Waals surface area contributed by atoms with Crippen LogP contribution in [0.25, 0.3) is 0 Å². The first-order chi connectivity index (χ1) is 11.5. The highest BCUT2D eigenvalue weighted by Gasteiger charge is 2.34. The Morgan fingerprint density at radius 1 is 1.36 bits per heavy atom. The number of Topliss-reactive ketones (excluding diaryl/α,β-unsaturated/α-hetero) is 1. The topological polar surface area (TPSA) is 59.1 Å². The van der Waals surface area contributed by atoms with Crippen LogP contribution in [0.5, 0.6) is 0 Å². The first kappa shape index (κ1) is 19.5. The number of amides is 1. The smallest absolute Gasteiger partial charge is 0.306 e. The third-order valence-electron chi connectivity index (χ3n) is 3.60. The van der Waals surface area contributed by atoms with Gasteiger partial charge in [-0.3, -0.25) is 9.59 Å². The molecule has 1 aliphatic heterocycles. The number of rotatable bonds is 3. The molecule has 9 heteroatoms. The molecule has 4 nitrogen and oxygen atoms in total. The minimum Gasteiger partial charge on any atom is -0.306 e. The lowest BCUT2D eigenvalue weighted by Gasteiger charge is -2.21. The summed E-state index contributed by atoms with van der Waals surface area (Å²) >= 11 is 6.50. The highest BCUT2D eigenvalue weighted by atomic mass is 35.5. The number of thioether (sulfide) groups is 1. The van der Waals surface area contributed by atoms with Crippen LogP contribution >= 0.6 is 23.4 Å². The summed E-state index contributed by atoms with van der Waals surface area (Å²) < 4.78 is 38.6. The molecule has 25 heavy (non-hydrogen) atoms. The largest absolute Gasteiger partial charge is 0.418 e. The number of halogens is 4. The van der Waals surface area contributed by atoms with E-state index in [2.05, 4.69) is 10.3 Å². The van der Waals surface area contributed by atoms with E-state index in [0.29, 0.717) is 11.0 Å². The molecule has 0 fully saturated rings. The number of carbonyl (C=O) groups is 2. The van der Waals surface area contributed by atoms with E-state index in [4.69, 9.17) is 11.6 Å². The normalized spacial score (nSPS) is 18.0. The van der Waals surface area contributed by atoms with Crippen molar-refractivity contribution in [2.45, 2.75) is 26.9 Å². The van der Waals surface area contributed by atoms with Gasteiger partial charge in [-0.15, -0.1) is 0 Å². The van der Waals surface area contributed by atoms with Gasteiger partial charge >= 0.3 is 6.18 Å². The molecule has 0 aliphatic carbocycles. The van der Waals surface area contributed by atoms with Gasteiger partial charge in [-0.1, -0.05) is 36.4 Å². The fourth-order valence-corrected chi connectivity index (χ4v) is 3.49. The summed E-state index contributed by atoms with van der Waals surface area (Å²) in [5, 5.41) is 1.76. The molecule has 1 atom stereocenters. The van der Waals surface area contributed by atoms with E-state index in [9.17, 15) is 22.8 Å². The minimum atomic E-state index is -4.66. The fourth-order valence-electron chi connectivity index (χ4n) is 2.16. The zero-order valence-electron chi connectivity index (χ0n) is 13.5. The molecule has 0 radical (unpaired) electrons. The maximum Gasteiger partial charge on any atom is 0.418 e. The van der Waals surface area contributed by atoms with Crippen LogP contribution in [0, 0.1) is 5.92 Å². The average Bonchev–Trinajstić information content (AvgIpc) is 2.50. The number of nitrogens with zero attached hydrogens (tertiary/aromatic N) is 1. The van der Waals surface area contributed by atoms with Crippen molar-refractivity contribution in [2.24, 2.45) is 5.92 Å². The minimum absolute atomic E-state index is 0.134. The standard InChI is InChI=1S/C16H14ClF3N2O2S/c1-7-4-12(25-14(8(7)2)9(3)23)15(24)22-13-5-10(16(18,19)20)11(17)6-21-13/h4-7H,1-3H3,(H,21,22,24). The molecule has 134 valence electrons. The summed E-state index contributed by atoms with van der Waals surface area (Å²) in [6.07, 6.45) is -2.17. The molecule has 2 heterocycles. The highest BCUT2D eigenvalue weighted by molar-refractivity contribution is 8.08. The fraction of sp³-hybridized carbons (Fsp3) is 0.312. The molecule has 1 aliphatic rings. The summed E-state index contributed by atoms with van der Waals surface area (Å²) in [7, 11) is 0. The second kappa shape index (κ2) is 7.21. The number of anilines is 1. The van der Waals surface area contributed by atoms with E-state index in [0.717, 1.165) is 23.5 Å². The third kappa shape index (κ3) is 4.43. The van der Waals surface area contributed by atoms with Gasteiger partial charge in [0, 0.05) is 6.20 Å². The molecule has 1 aromatic heterocycles. The highest BCUT2D eigenvalue weighted by Crippen LogP contribution is 2.39. The first-order valence-corrected chi connectivity index (χ1v) is 8.35. The quantitative estimate of drug-likeness (QED) is 0.803. The number of allylic oxidation sites excluding steroid dienone is 3. The van der Waals surface area contributed by atoms with Crippen molar-refractivity contribution in [2.75, 3.05) is 5.32 Å². The van der Waals surface area contributed by atoms with E-state index in [1.54, 1.807) is 13.0 Å². The molecular weight excluding hydrogens is 377 g/mol. The Morgan fingerprint density at radius 3 is 2.56 bits per heavy atom. The molecule has 0 saturated heterocycles. The Bertz CT molecular complexity index is 803. The van der Waals surface area contributed by atoms with Crippen LogP contribution in [0.3, 0.4) is 0 Å². The summed E-state index contributed by atoms with van der Waals surface area (Å²) in [4.78, 5) is 28.4. The van der Waals surface area contributed by atoms with E-state index < -0.39 is 22.7 Å². The summed E-state index contributed by atoms with van der Waals surface area (Å²) in [5.41, 5.74) is -0.240. The molecule has 1 unspecified atom stereocenters. The van der Waals surface area contributed by atoms with Gasteiger partial charge in [-0.25, -0.2) is 4.98 Å². The summed E-state index contributed by atoms with van der Waals surface area (Å²) in [5.74, 6) is -1.21. The van der Waals surface area contributed by atoms with Gasteiger partial charge in [-0.05, 0) is 31.4 Å². The van der Waals surface area contributed by atoms with E-state index in [-0.39, 0.29) is 22.4 Å². The van der Waals surface area contributed by atoms with Crippen molar-refractivity contribution in [3.8, 4) is 0 Å². The number of pyridine rings is 1. The second-order valence-corrected chi connectivity index (χ2v) is 6.95. The lowest BCUT2D eigenvalue weighted by Crippen LogP contribution is -2.19. The van der Waals surface area contributed by atoms with Crippen molar-refractivity contribution >= 4 is 40.9 Å². The lowest BCUT2D eigenvalue weighted by molar-refractivity contribution is -0.137. The number of hydrogen-bond acceptors (Lipinski definition) is 4. The third-order valence-corrected chi connectivity index (χ3v) is 5.26. The molecule has 0 bridgehead atoms. The number of hydrogen-bond donors (Lipinski definition) is 1. The zero-order valence-corrected chi connectivity index (χ0v) is 15.1. The summed E-state index contributed by atoms with van der Waals surface area (Å²) in [6.45, 7) is 5.03. The van der Waals surface area contributed by atoms with Crippen LogP contribution in [0.15, 0.2) is 33.7 Å². The number of aromatic nitrogens is 1.